The Morgan fingerprint density at radius 3 is 2.72 bits per heavy atom. The topological polar surface area (TPSA) is 71.0 Å². The Balaban J connectivity index is 2.09. The Hall–Kier alpha value is -2.37. The van der Waals surface area contributed by atoms with E-state index in [0.717, 1.165) is 16.7 Å². The third-order valence-electron chi connectivity index (χ3n) is 3.13. The summed E-state index contributed by atoms with van der Waals surface area (Å²) in [6.07, 6.45) is 0. The van der Waals surface area contributed by atoms with E-state index in [4.69, 9.17) is 0 Å². The molecule has 92 valence electrons. The van der Waals surface area contributed by atoms with Gasteiger partial charge in [0.05, 0.1) is 0 Å². The first-order valence-corrected chi connectivity index (χ1v) is 5.58. The van der Waals surface area contributed by atoms with E-state index in [9.17, 15) is 9.59 Å². The molecule has 18 heavy (non-hydrogen) atoms. The van der Waals surface area contributed by atoms with Crippen molar-refractivity contribution in [1.82, 2.24) is 19.7 Å². The van der Waals surface area contributed by atoms with Crippen molar-refractivity contribution in [2.24, 2.45) is 7.05 Å². The van der Waals surface area contributed by atoms with Gasteiger partial charge in [-0.25, -0.2) is 9.48 Å². The van der Waals surface area contributed by atoms with Crippen LogP contribution in [0.5, 0.6) is 0 Å². The highest BCUT2D eigenvalue weighted by Gasteiger charge is 2.24. The Morgan fingerprint density at radius 2 is 2.06 bits per heavy atom. The largest absolute Gasteiger partial charge is 0.343 e. The van der Waals surface area contributed by atoms with Crippen LogP contribution in [-0.2, 0) is 13.6 Å². The van der Waals surface area contributed by atoms with Crippen LogP contribution in [0, 0.1) is 0 Å². The van der Waals surface area contributed by atoms with E-state index in [0.29, 0.717) is 12.4 Å². The molecule has 1 aliphatic rings. The molecule has 0 saturated carbocycles. The number of hydrogen-bond acceptors (Lipinski definition) is 3. The smallest absolute Gasteiger partial charge is 0.337 e. The molecule has 1 N–H and O–H groups in total. The molecule has 1 amide bonds. The molecule has 0 radical (unpaired) electrons. The van der Waals surface area contributed by atoms with Gasteiger partial charge >= 0.3 is 5.69 Å². The Labute approximate surface area is 103 Å². The number of amides is 1. The van der Waals surface area contributed by atoms with Crippen LogP contribution < -0.4 is 5.69 Å². The number of carbonyl (C=O) groups excluding carboxylic acids is 1. The van der Waals surface area contributed by atoms with Gasteiger partial charge in [-0.1, -0.05) is 6.07 Å². The molecule has 0 spiro atoms. The van der Waals surface area contributed by atoms with Crippen molar-refractivity contribution < 1.29 is 4.79 Å². The number of benzene rings is 1. The molecule has 0 bridgehead atoms. The molecule has 0 atom stereocenters. The maximum atomic E-state index is 11.8. The normalized spacial score (nSPS) is 14.1. The van der Waals surface area contributed by atoms with Crippen LogP contribution in [0.1, 0.15) is 15.9 Å². The van der Waals surface area contributed by atoms with Crippen LogP contribution in [0.25, 0.3) is 11.4 Å². The van der Waals surface area contributed by atoms with Gasteiger partial charge in [0, 0.05) is 31.8 Å². The van der Waals surface area contributed by atoms with Crippen molar-refractivity contribution in [3.05, 3.63) is 39.8 Å². The van der Waals surface area contributed by atoms with Crippen molar-refractivity contribution in [2.45, 2.75) is 6.54 Å². The summed E-state index contributed by atoms with van der Waals surface area (Å²) in [6, 6.07) is 5.48. The number of nitrogens with zero attached hydrogens (tertiary/aromatic N) is 3. The monoisotopic (exact) mass is 244 g/mol. The Bertz CT molecular complexity index is 698. The lowest BCUT2D eigenvalue weighted by Crippen LogP contribution is -2.17. The molecular formula is C12H12N4O2. The van der Waals surface area contributed by atoms with Crippen LogP contribution >= 0.6 is 0 Å². The molecule has 6 heteroatoms. The third kappa shape index (κ3) is 1.46. The molecule has 0 unspecified atom stereocenters. The summed E-state index contributed by atoms with van der Waals surface area (Å²) in [6.45, 7) is 0.596. The van der Waals surface area contributed by atoms with Gasteiger partial charge in [-0.15, -0.1) is 0 Å². The first kappa shape index (κ1) is 10.8. The summed E-state index contributed by atoms with van der Waals surface area (Å²) in [4.78, 5) is 27.4. The lowest BCUT2D eigenvalue weighted by atomic mass is 10.1. The molecule has 0 fully saturated rings. The second-order valence-corrected chi connectivity index (χ2v) is 4.44. The van der Waals surface area contributed by atoms with E-state index >= 15 is 0 Å². The third-order valence-corrected chi connectivity index (χ3v) is 3.13. The quantitative estimate of drug-likeness (QED) is 0.787. The predicted molar refractivity (Wildman–Crippen MR) is 65.1 cm³/mol. The van der Waals surface area contributed by atoms with Gasteiger partial charge in [0.25, 0.3) is 5.91 Å². The number of fused-ring (bicyclic) bond motifs is 1. The molecule has 6 nitrogen and oxygen atoms in total. The van der Waals surface area contributed by atoms with Gasteiger partial charge in [0.1, 0.15) is 0 Å². The van der Waals surface area contributed by atoms with E-state index in [1.807, 2.05) is 6.07 Å². The van der Waals surface area contributed by atoms with Crippen molar-refractivity contribution in [2.75, 3.05) is 7.05 Å². The van der Waals surface area contributed by atoms with Crippen LogP contribution in [-0.4, -0.2) is 32.6 Å². The first-order valence-electron chi connectivity index (χ1n) is 5.58. The SMILES string of the molecule is CN1Cc2cc(-c3nn(C)c(=O)[nH]3)ccc2C1=O. The minimum atomic E-state index is -0.251. The van der Waals surface area contributed by atoms with Crippen LogP contribution in [0.2, 0.25) is 0 Å². The fraction of sp³-hybridized carbons (Fsp3) is 0.250. The van der Waals surface area contributed by atoms with Gasteiger partial charge in [-0.2, -0.15) is 5.10 Å². The summed E-state index contributed by atoms with van der Waals surface area (Å²) in [5, 5.41) is 4.09. The van der Waals surface area contributed by atoms with E-state index in [1.54, 1.807) is 31.1 Å². The summed E-state index contributed by atoms with van der Waals surface area (Å²) >= 11 is 0. The molecule has 1 aromatic carbocycles. The van der Waals surface area contributed by atoms with Crippen LogP contribution in [0.3, 0.4) is 0 Å². The number of nitrogens with one attached hydrogen (secondary N) is 1. The lowest BCUT2D eigenvalue weighted by molar-refractivity contribution is 0.0816. The molecule has 3 rings (SSSR count). The number of rotatable bonds is 1. The molecule has 0 aliphatic carbocycles. The zero-order valence-corrected chi connectivity index (χ0v) is 10.1. The van der Waals surface area contributed by atoms with E-state index < -0.39 is 0 Å². The Kier molecular flexibility index (Phi) is 2.13. The lowest BCUT2D eigenvalue weighted by Gasteiger charge is -2.04. The number of aromatic nitrogens is 3. The zero-order valence-electron chi connectivity index (χ0n) is 10.1. The molecule has 1 aromatic heterocycles. The molecule has 1 aliphatic heterocycles. The number of hydrogen-bond donors (Lipinski definition) is 1. The van der Waals surface area contributed by atoms with Gasteiger partial charge in [-0.3, -0.25) is 9.78 Å². The number of aryl methyl sites for hydroxylation is 1. The van der Waals surface area contributed by atoms with Crippen LogP contribution in [0.15, 0.2) is 23.0 Å². The highest BCUT2D eigenvalue weighted by molar-refractivity contribution is 5.98. The minimum absolute atomic E-state index is 0.0334. The summed E-state index contributed by atoms with van der Waals surface area (Å²) < 4.78 is 1.25. The second kappa shape index (κ2) is 3.56. The summed E-state index contributed by atoms with van der Waals surface area (Å²) in [7, 11) is 3.36. The van der Waals surface area contributed by atoms with E-state index in [1.165, 1.54) is 4.68 Å². The van der Waals surface area contributed by atoms with Gasteiger partial charge < -0.3 is 4.90 Å². The predicted octanol–water partition coefficient (Wildman–Crippen LogP) is 0.361. The van der Waals surface area contributed by atoms with E-state index in [-0.39, 0.29) is 11.6 Å². The van der Waals surface area contributed by atoms with Crippen molar-refractivity contribution in [3.63, 3.8) is 0 Å². The maximum Gasteiger partial charge on any atom is 0.343 e. The number of H-pyrrole nitrogens is 1. The number of aromatic amines is 1. The highest BCUT2D eigenvalue weighted by atomic mass is 16.2. The highest BCUT2D eigenvalue weighted by Crippen LogP contribution is 2.25. The standard InChI is InChI=1S/C12H12N4O2/c1-15-6-8-5-7(3-4-9(8)11(15)17)10-13-12(18)16(2)14-10/h3-5H,6H2,1-2H3,(H,13,14,18). The summed E-state index contributed by atoms with van der Waals surface area (Å²) in [5.41, 5.74) is 2.25. The van der Waals surface area contributed by atoms with Gasteiger partial charge in [-0.05, 0) is 17.7 Å². The molecule has 2 aromatic rings. The van der Waals surface area contributed by atoms with Crippen LogP contribution in [0.4, 0.5) is 0 Å². The zero-order chi connectivity index (χ0) is 12.9. The number of carbonyl (C=O) groups is 1. The van der Waals surface area contributed by atoms with Gasteiger partial charge in [0.15, 0.2) is 5.82 Å². The molecule has 2 heterocycles. The fourth-order valence-corrected chi connectivity index (χ4v) is 2.15. The molecule has 0 saturated heterocycles. The summed E-state index contributed by atoms with van der Waals surface area (Å²) in [5.74, 6) is 0.554. The Morgan fingerprint density at radius 1 is 1.28 bits per heavy atom. The maximum absolute atomic E-state index is 11.8. The minimum Gasteiger partial charge on any atom is -0.337 e. The van der Waals surface area contributed by atoms with Gasteiger partial charge in [0.2, 0.25) is 0 Å². The van der Waals surface area contributed by atoms with Crippen molar-refractivity contribution >= 4 is 5.91 Å². The second-order valence-electron chi connectivity index (χ2n) is 4.44. The average Bonchev–Trinajstić information content (AvgIpc) is 2.81. The van der Waals surface area contributed by atoms with Crippen molar-refractivity contribution in [1.29, 1.82) is 0 Å². The van der Waals surface area contributed by atoms with Crippen molar-refractivity contribution in [3.8, 4) is 11.4 Å². The first-order chi connectivity index (χ1) is 8.56. The van der Waals surface area contributed by atoms with E-state index in [2.05, 4.69) is 10.1 Å². The molecular weight excluding hydrogens is 232 g/mol. The average molecular weight is 244 g/mol. The fourth-order valence-electron chi connectivity index (χ4n) is 2.15.